The van der Waals surface area contributed by atoms with E-state index in [0.717, 1.165) is 10.6 Å². The predicted molar refractivity (Wildman–Crippen MR) is 127 cm³/mol. The quantitative estimate of drug-likeness (QED) is 0.341. The summed E-state index contributed by atoms with van der Waals surface area (Å²) in [5, 5.41) is 14.8. The normalized spacial score (nSPS) is 14.2. The lowest BCUT2D eigenvalue weighted by atomic mass is 10.1. The van der Waals surface area contributed by atoms with Gasteiger partial charge in [-0.1, -0.05) is 48.5 Å². The second kappa shape index (κ2) is 10.6. The maximum absolute atomic E-state index is 12.9. The molecule has 0 amide bonds. The first-order valence-corrected chi connectivity index (χ1v) is 14.6. The second-order valence-corrected chi connectivity index (χ2v) is 15.1. The number of benzene rings is 1. The first kappa shape index (κ1) is 23.6. The van der Waals surface area contributed by atoms with Crippen LogP contribution in [0.15, 0.2) is 44.6 Å². The molecule has 0 saturated heterocycles. The molecule has 33 heavy (non-hydrogen) atoms. The molecule has 11 heteroatoms. The Morgan fingerprint density at radius 3 is 2.64 bits per heavy atom. The van der Waals surface area contributed by atoms with Crippen LogP contribution in [0.1, 0.15) is 30.3 Å². The molecule has 0 saturated carbocycles. The van der Waals surface area contributed by atoms with Gasteiger partial charge in [-0.2, -0.15) is 4.98 Å². The summed E-state index contributed by atoms with van der Waals surface area (Å²) in [6, 6.07) is 7.18. The Kier molecular flexibility index (Phi) is 7.59. The van der Waals surface area contributed by atoms with Crippen LogP contribution in [0.5, 0.6) is 0 Å². The van der Waals surface area contributed by atoms with Crippen molar-refractivity contribution in [3.05, 3.63) is 79.2 Å². The Hall–Kier alpha value is -2.53. The lowest BCUT2D eigenvalue weighted by molar-refractivity contribution is 0.0823. The molecule has 0 fully saturated rings. The maximum Gasteiger partial charge on any atom is 0.333 e. The number of aryl methyl sites for hydroxylation is 1. The lowest BCUT2D eigenvalue weighted by Crippen LogP contribution is -2.41. The standard InChI is InChI=1S/C22H29ClN4O5Si/c1-15-12-26(14-31-9-10-33(2,3)4)22(30)27(21(15)29)13-20-24-19(25-32-20)11-18(28)16-5-7-17(23)8-6-16/h5-8,12,18,28H,9-11,13-14H2,1-4H3/i18D. The summed E-state index contributed by atoms with van der Waals surface area (Å²) < 4.78 is 21.4. The van der Waals surface area contributed by atoms with E-state index in [4.69, 9.17) is 22.2 Å². The fourth-order valence-electron chi connectivity index (χ4n) is 3.03. The van der Waals surface area contributed by atoms with Crippen LogP contribution in [-0.2, 0) is 24.4 Å². The highest BCUT2D eigenvalue weighted by molar-refractivity contribution is 6.76. The van der Waals surface area contributed by atoms with E-state index < -0.39 is 25.4 Å². The molecular weight excluding hydrogens is 464 g/mol. The van der Waals surface area contributed by atoms with Crippen molar-refractivity contribution in [1.82, 2.24) is 19.3 Å². The van der Waals surface area contributed by atoms with Gasteiger partial charge in [-0.15, -0.1) is 0 Å². The van der Waals surface area contributed by atoms with Crippen LogP contribution in [0.2, 0.25) is 30.7 Å². The lowest BCUT2D eigenvalue weighted by Gasteiger charge is -2.16. The van der Waals surface area contributed by atoms with Crippen LogP contribution in [0, 0.1) is 6.92 Å². The van der Waals surface area contributed by atoms with Crippen LogP contribution in [0.25, 0.3) is 0 Å². The molecule has 2 aromatic heterocycles. The summed E-state index contributed by atoms with van der Waals surface area (Å²) >= 11 is 5.86. The smallest absolute Gasteiger partial charge is 0.333 e. The van der Waals surface area contributed by atoms with E-state index in [1.165, 1.54) is 22.9 Å². The number of hydrogen-bond acceptors (Lipinski definition) is 7. The number of nitrogens with zero attached hydrogens (tertiary/aromatic N) is 4. The van der Waals surface area contributed by atoms with E-state index in [2.05, 4.69) is 29.8 Å². The van der Waals surface area contributed by atoms with Crippen molar-refractivity contribution in [2.24, 2.45) is 0 Å². The van der Waals surface area contributed by atoms with Crippen molar-refractivity contribution in [3.63, 3.8) is 0 Å². The first-order chi connectivity index (χ1) is 15.9. The van der Waals surface area contributed by atoms with Gasteiger partial charge in [0.2, 0.25) is 5.89 Å². The van der Waals surface area contributed by atoms with Gasteiger partial charge in [0.15, 0.2) is 5.82 Å². The van der Waals surface area contributed by atoms with E-state index in [1.54, 1.807) is 19.1 Å². The van der Waals surface area contributed by atoms with Gasteiger partial charge >= 0.3 is 5.69 Å². The second-order valence-electron chi connectivity index (χ2n) is 9.04. The molecule has 1 N–H and O–H groups in total. The van der Waals surface area contributed by atoms with Crippen LogP contribution in [0.4, 0.5) is 0 Å². The predicted octanol–water partition coefficient (Wildman–Crippen LogP) is 2.99. The van der Waals surface area contributed by atoms with Crippen molar-refractivity contribution < 1.29 is 15.7 Å². The molecule has 178 valence electrons. The number of aromatic nitrogens is 4. The molecule has 1 aromatic carbocycles. The highest BCUT2D eigenvalue weighted by Crippen LogP contribution is 2.19. The summed E-state index contributed by atoms with van der Waals surface area (Å²) in [6.07, 6.45) is -0.789. The fraction of sp³-hybridized carbons (Fsp3) is 0.455. The molecule has 0 aliphatic carbocycles. The van der Waals surface area contributed by atoms with Crippen molar-refractivity contribution >= 4 is 19.7 Å². The molecule has 3 rings (SSSR count). The third-order valence-corrected chi connectivity index (χ3v) is 6.90. The Balaban J connectivity index is 1.74. The van der Waals surface area contributed by atoms with Crippen LogP contribution < -0.4 is 11.2 Å². The maximum atomic E-state index is 12.9. The summed E-state index contributed by atoms with van der Waals surface area (Å²) in [4.78, 5) is 29.6. The largest absolute Gasteiger partial charge is 0.388 e. The number of rotatable bonds is 10. The van der Waals surface area contributed by atoms with Gasteiger partial charge in [0.1, 0.15) is 13.3 Å². The van der Waals surface area contributed by atoms with Crippen LogP contribution in [-0.4, -0.2) is 39.1 Å². The van der Waals surface area contributed by atoms with Gasteiger partial charge in [0, 0.05) is 37.9 Å². The SMILES string of the molecule is [2H]C(O)(Cc1noc(Cn2c(=O)c(C)cn(COCC[Si](C)(C)C)c2=O)n1)c1ccc(Cl)cc1. The molecule has 0 aliphatic heterocycles. The molecule has 0 radical (unpaired) electrons. The minimum absolute atomic E-state index is 0.0120. The van der Waals surface area contributed by atoms with Crippen molar-refractivity contribution in [2.45, 2.75) is 58.4 Å². The zero-order valence-electron chi connectivity index (χ0n) is 20.2. The van der Waals surface area contributed by atoms with Gasteiger partial charge in [-0.3, -0.25) is 13.9 Å². The third-order valence-electron chi connectivity index (χ3n) is 4.94. The van der Waals surface area contributed by atoms with Crippen molar-refractivity contribution in [3.8, 4) is 0 Å². The van der Waals surface area contributed by atoms with Crippen LogP contribution in [0.3, 0.4) is 0 Å². The average Bonchev–Trinajstić information content (AvgIpc) is 3.18. The van der Waals surface area contributed by atoms with E-state index >= 15 is 0 Å². The highest BCUT2D eigenvalue weighted by atomic mass is 35.5. The summed E-state index contributed by atoms with van der Waals surface area (Å²) in [5.74, 6) is 0.0797. The molecule has 1 atom stereocenters. The average molecular weight is 494 g/mol. The van der Waals surface area contributed by atoms with Gasteiger partial charge in [-0.05, 0) is 30.7 Å². The van der Waals surface area contributed by atoms with Crippen LogP contribution >= 0.6 is 11.6 Å². The van der Waals surface area contributed by atoms with Gasteiger partial charge < -0.3 is 14.4 Å². The number of ether oxygens (including phenoxy) is 1. The monoisotopic (exact) mass is 493 g/mol. The fourth-order valence-corrected chi connectivity index (χ4v) is 3.91. The molecule has 0 bridgehead atoms. The zero-order chi connectivity index (χ0) is 25.1. The molecule has 9 nitrogen and oxygen atoms in total. The Bertz CT molecular complexity index is 1250. The Morgan fingerprint density at radius 1 is 1.27 bits per heavy atom. The minimum atomic E-state index is -2.01. The molecule has 0 aliphatic rings. The van der Waals surface area contributed by atoms with E-state index in [1.807, 2.05) is 0 Å². The first-order valence-electron chi connectivity index (χ1n) is 11.0. The summed E-state index contributed by atoms with van der Waals surface area (Å²) in [5.41, 5.74) is -0.339. The molecule has 0 spiro atoms. The van der Waals surface area contributed by atoms with Gasteiger partial charge in [0.05, 0.1) is 7.45 Å². The highest BCUT2D eigenvalue weighted by Gasteiger charge is 2.17. The van der Waals surface area contributed by atoms with E-state index in [0.29, 0.717) is 22.8 Å². The number of aliphatic hydroxyl groups is 1. The molecule has 3 aromatic rings. The molecule has 1 unspecified atom stereocenters. The Morgan fingerprint density at radius 2 is 1.97 bits per heavy atom. The van der Waals surface area contributed by atoms with E-state index in [-0.39, 0.29) is 31.4 Å². The van der Waals surface area contributed by atoms with Crippen molar-refractivity contribution in [2.75, 3.05) is 6.61 Å². The minimum Gasteiger partial charge on any atom is -0.388 e. The van der Waals surface area contributed by atoms with Gasteiger partial charge in [0.25, 0.3) is 5.56 Å². The number of halogens is 1. The summed E-state index contributed by atoms with van der Waals surface area (Å²) in [6.45, 7) is 8.66. The third kappa shape index (κ3) is 6.97. The Labute approximate surface area is 199 Å². The topological polar surface area (TPSA) is 112 Å². The zero-order valence-corrected chi connectivity index (χ0v) is 20.9. The van der Waals surface area contributed by atoms with Crippen molar-refractivity contribution in [1.29, 1.82) is 0 Å². The number of hydrogen-bond donors (Lipinski definition) is 1. The summed E-state index contributed by atoms with van der Waals surface area (Å²) in [7, 11) is -1.26. The van der Waals surface area contributed by atoms with Gasteiger partial charge in [-0.25, -0.2) is 4.79 Å². The molecule has 2 heterocycles. The van der Waals surface area contributed by atoms with E-state index in [9.17, 15) is 14.7 Å². The molecular formula is C22H29ClN4O5Si.